The van der Waals surface area contributed by atoms with Crippen molar-refractivity contribution < 1.29 is 15.0 Å². The van der Waals surface area contributed by atoms with Crippen LogP contribution in [0.2, 0.25) is 0 Å². The van der Waals surface area contributed by atoms with Gasteiger partial charge in [0.05, 0.1) is 25.7 Å². The monoisotopic (exact) mass is 327 g/mol. The van der Waals surface area contributed by atoms with Crippen LogP contribution >= 0.6 is 0 Å². The molecule has 0 amide bonds. The van der Waals surface area contributed by atoms with Crippen LogP contribution in [-0.4, -0.2) is 53.3 Å². The highest BCUT2D eigenvalue weighted by atomic mass is 16.3. The number of Topliss-reactive ketones (excluding diaryl/α,β-unsaturated/α-hetero) is 1. The lowest BCUT2D eigenvalue weighted by Gasteiger charge is -2.14. The summed E-state index contributed by atoms with van der Waals surface area (Å²) in [5.41, 5.74) is 1.62. The van der Waals surface area contributed by atoms with E-state index in [1.807, 2.05) is 18.2 Å². The van der Waals surface area contributed by atoms with Crippen molar-refractivity contribution in [3.8, 4) is 18.1 Å². The molecule has 0 radical (unpaired) electrons. The summed E-state index contributed by atoms with van der Waals surface area (Å²) < 4.78 is 0. The molecule has 1 aromatic carbocycles. The molecule has 0 aliphatic rings. The first-order valence-electron chi connectivity index (χ1n) is 7.74. The first-order valence-corrected chi connectivity index (χ1v) is 7.74. The number of nitrogens with one attached hydrogen (secondary N) is 2. The van der Waals surface area contributed by atoms with Crippen molar-refractivity contribution in [1.82, 2.24) is 15.6 Å². The molecule has 0 aliphatic heterocycles. The molecule has 126 valence electrons. The first-order chi connectivity index (χ1) is 11.7. The third-order valence-corrected chi connectivity index (χ3v) is 3.73. The summed E-state index contributed by atoms with van der Waals surface area (Å²) in [4.78, 5) is 16.1. The topological polar surface area (TPSA) is 94.5 Å². The molecule has 0 fully saturated rings. The molecule has 1 unspecified atom stereocenters. The second kappa shape index (κ2) is 8.99. The van der Waals surface area contributed by atoms with Crippen LogP contribution in [0.5, 0.6) is 5.75 Å². The third-order valence-electron chi connectivity index (χ3n) is 3.73. The number of phenolic OH excluding ortho intramolecular Hbond substituents is 1. The molecule has 1 atom stereocenters. The summed E-state index contributed by atoms with van der Waals surface area (Å²) in [6.07, 6.45) is 7.46. The van der Waals surface area contributed by atoms with Crippen molar-refractivity contribution >= 4 is 16.7 Å². The number of aliphatic hydroxyl groups excluding tert-OH is 1. The molecule has 0 saturated heterocycles. The summed E-state index contributed by atoms with van der Waals surface area (Å²) >= 11 is 0. The predicted molar refractivity (Wildman–Crippen MR) is 92.7 cm³/mol. The van der Waals surface area contributed by atoms with Crippen molar-refractivity contribution in [1.29, 1.82) is 0 Å². The number of aromatic hydroxyl groups is 1. The van der Waals surface area contributed by atoms with E-state index in [9.17, 15) is 15.0 Å². The zero-order valence-corrected chi connectivity index (χ0v) is 13.3. The maximum absolute atomic E-state index is 12.0. The van der Waals surface area contributed by atoms with Gasteiger partial charge in [0.2, 0.25) is 0 Å². The minimum absolute atomic E-state index is 0.134. The highest BCUT2D eigenvalue weighted by molar-refractivity contribution is 5.87. The Labute approximate surface area is 140 Å². The normalized spacial score (nSPS) is 12.0. The van der Waals surface area contributed by atoms with E-state index >= 15 is 0 Å². The smallest absolute Gasteiger partial charge is 0.165 e. The molecule has 1 heterocycles. The van der Waals surface area contributed by atoms with Gasteiger partial charge in [0.15, 0.2) is 5.78 Å². The predicted octanol–water partition coefficient (Wildman–Crippen LogP) is 0.225. The Hall–Kier alpha value is -2.46. The number of benzene rings is 1. The van der Waals surface area contributed by atoms with Crippen molar-refractivity contribution in [3.05, 3.63) is 36.0 Å². The summed E-state index contributed by atoms with van der Waals surface area (Å²) in [6, 6.07) is 6.57. The van der Waals surface area contributed by atoms with E-state index in [1.54, 1.807) is 12.3 Å². The van der Waals surface area contributed by atoms with Gasteiger partial charge in [0.1, 0.15) is 11.3 Å². The average molecular weight is 327 g/mol. The van der Waals surface area contributed by atoms with E-state index in [0.29, 0.717) is 18.5 Å². The second-order valence-corrected chi connectivity index (χ2v) is 5.36. The van der Waals surface area contributed by atoms with Gasteiger partial charge in [-0.25, -0.2) is 0 Å². The fourth-order valence-electron chi connectivity index (χ4n) is 2.45. The molecule has 0 saturated carbocycles. The van der Waals surface area contributed by atoms with Gasteiger partial charge in [-0.05, 0) is 30.7 Å². The summed E-state index contributed by atoms with van der Waals surface area (Å²) in [7, 11) is 0. The lowest BCUT2D eigenvalue weighted by molar-refractivity contribution is -0.121. The van der Waals surface area contributed by atoms with E-state index in [1.165, 1.54) is 0 Å². The highest BCUT2D eigenvalue weighted by Crippen LogP contribution is 2.25. The van der Waals surface area contributed by atoms with Crippen molar-refractivity contribution in [2.45, 2.75) is 12.5 Å². The molecule has 2 aromatic rings. The van der Waals surface area contributed by atoms with Crippen LogP contribution in [-0.2, 0) is 11.2 Å². The minimum Gasteiger partial charge on any atom is -0.506 e. The number of hydrogen-bond acceptors (Lipinski definition) is 6. The standard InChI is InChI=1S/C18H21N3O3/c1-2-8-20-15(12-22)17(24)11-19-10-7-13-5-6-16(23)18-14(13)4-3-9-21-18/h1,3-6,9,15,19-20,22-23H,7-8,10-12H2. The Balaban J connectivity index is 1.88. The van der Waals surface area contributed by atoms with Crippen LogP contribution in [0, 0.1) is 12.3 Å². The molecule has 6 heteroatoms. The fraction of sp³-hybridized carbons (Fsp3) is 0.333. The van der Waals surface area contributed by atoms with Crippen LogP contribution in [0.15, 0.2) is 30.5 Å². The molecule has 0 aliphatic carbocycles. The zero-order valence-electron chi connectivity index (χ0n) is 13.3. The Morgan fingerprint density at radius 1 is 1.38 bits per heavy atom. The van der Waals surface area contributed by atoms with Crippen LogP contribution in [0.4, 0.5) is 0 Å². The van der Waals surface area contributed by atoms with Gasteiger partial charge in [-0.15, -0.1) is 6.42 Å². The molecule has 4 N–H and O–H groups in total. The number of rotatable bonds is 9. The van der Waals surface area contributed by atoms with Gasteiger partial charge >= 0.3 is 0 Å². The van der Waals surface area contributed by atoms with Gasteiger partial charge in [-0.1, -0.05) is 18.1 Å². The number of carbonyl (C=O) groups excluding carboxylic acids is 1. The number of ketones is 1. The largest absolute Gasteiger partial charge is 0.506 e. The minimum atomic E-state index is -0.646. The second-order valence-electron chi connectivity index (χ2n) is 5.36. The van der Waals surface area contributed by atoms with Crippen LogP contribution in [0.1, 0.15) is 5.56 Å². The van der Waals surface area contributed by atoms with Crippen LogP contribution in [0.3, 0.4) is 0 Å². The number of hydrogen-bond donors (Lipinski definition) is 4. The number of nitrogens with zero attached hydrogens (tertiary/aromatic N) is 1. The molecular weight excluding hydrogens is 306 g/mol. The molecule has 0 bridgehead atoms. The quantitative estimate of drug-likeness (QED) is 0.389. The van der Waals surface area contributed by atoms with Crippen molar-refractivity contribution in [2.75, 3.05) is 26.2 Å². The number of fused-ring (bicyclic) bond motifs is 1. The molecule has 24 heavy (non-hydrogen) atoms. The Bertz CT molecular complexity index is 740. The number of aromatic nitrogens is 1. The van der Waals surface area contributed by atoms with Gasteiger partial charge in [0, 0.05) is 11.6 Å². The molecule has 2 rings (SSSR count). The van der Waals surface area contributed by atoms with Crippen LogP contribution < -0.4 is 10.6 Å². The first kappa shape index (κ1) is 17.9. The van der Waals surface area contributed by atoms with Crippen LogP contribution in [0.25, 0.3) is 10.9 Å². The lowest BCUT2D eigenvalue weighted by Crippen LogP contribution is -2.44. The zero-order chi connectivity index (χ0) is 17.4. The van der Waals surface area contributed by atoms with Crippen molar-refractivity contribution in [2.24, 2.45) is 0 Å². The van der Waals surface area contributed by atoms with Gasteiger partial charge in [-0.3, -0.25) is 15.1 Å². The summed E-state index contributed by atoms with van der Waals surface area (Å²) in [5, 5.41) is 25.8. The van der Waals surface area contributed by atoms with E-state index < -0.39 is 6.04 Å². The Kier molecular flexibility index (Phi) is 6.70. The molecule has 6 nitrogen and oxygen atoms in total. The van der Waals surface area contributed by atoms with E-state index in [4.69, 9.17) is 6.42 Å². The number of carbonyl (C=O) groups is 1. The van der Waals surface area contributed by atoms with Gasteiger partial charge < -0.3 is 15.5 Å². The Morgan fingerprint density at radius 3 is 2.96 bits per heavy atom. The summed E-state index contributed by atoms with van der Waals surface area (Å²) in [6.45, 7) is 0.699. The number of aliphatic hydroxyl groups is 1. The van der Waals surface area contributed by atoms with Crippen molar-refractivity contribution in [3.63, 3.8) is 0 Å². The highest BCUT2D eigenvalue weighted by Gasteiger charge is 2.15. The maximum Gasteiger partial charge on any atom is 0.165 e. The SMILES string of the molecule is C#CCNC(CO)C(=O)CNCCc1ccc(O)c2ncccc12. The molecule has 0 spiro atoms. The Morgan fingerprint density at radius 2 is 2.21 bits per heavy atom. The summed E-state index contributed by atoms with van der Waals surface area (Å²) in [5.74, 6) is 2.40. The maximum atomic E-state index is 12.0. The van der Waals surface area contributed by atoms with E-state index in [2.05, 4.69) is 21.5 Å². The van der Waals surface area contributed by atoms with Gasteiger partial charge in [0.25, 0.3) is 0 Å². The average Bonchev–Trinajstić information content (AvgIpc) is 2.61. The molecular formula is C18H21N3O3. The fourth-order valence-corrected chi connectivity index (χ4v) is 2.45. The number of pyridine rings is 1. The van der Waals surface area contributed by atoms with E-state index in [0.717, 1.165) is 10.9 Å². The number of phenols is 1. The number of terminal acetylenes is 1. The van der Waals surface area contributed by atoms with Gasteiger partial charge in [-0.2, -0.15) is 0 Å². The lowest BCUT2D eigenvalue weighted by atomic mass is 10.0. The van der Waals surface area contributed by atoms with E-state index in [-0.39, 0.29) is 31.2 Å². The molecule has 1 aromatic heterocycles. The third kappa shape index (κ3) is 4.52.